The van der Waals surface area contributed by atoms with Crippen LogP contribution in [0.4, 0.5) is 48.1 Å². The third kappa shape index (κ3) is 8.27. The first-order chi connectivity index (χ1) is 21.3. The number of alkyl halides is 7. The van der Waals surface area contributed by atoms with Crippen molar-refractivity contribution in [2.45, 2.75) is 57.7 Å². The van der Waals surface area contributed by atoms with Gasteiger partial charge in [-0.1, -0.05) is 29.3 Å². The lowest BCUT2D eigenvalue weighted by Crippen LogP contribution is -2.40. The molecule has 1 aliphatic rings. The molecule has 0 radical (unpaired) electrons. The van der Waals surface area contributed by atoms with Crippen molar-refractivity contribution in [2.24, 2.45) is 13.0 Å². The summed E-state index contributed by atoms with van der Waals surface area (Å²) in [5.74, 6) is -3.01. The van der Waals surface area contributed by atoms with Gasteiger partial charge in [-0.15, -0.1) is 0 Å². The summed E-state index contributed by atoms with van der Waals surface area (Å²) in [6.07, 6.45) is -10.6. The van der Waals surface area contributed by atoms with Crippen molar-refractivity contribution in [3.8, 4) is 0 Å². The van der Waals surface area contributed by atoms with Gasteiger partial charge in [0.05, 0.1) is 50.4 Å². The number of imidazole rings is 1. The molecule has 0 atom stereocenters. The molecule has 17 heteroatoms. The van der Waals surface area contributed by atoms with Crippen molar-refractivity contribution < 1.29 is 40.3 Å². The number of aryl methyl sites for hydroxylation is 1. The van der Waals surface area contributed by atoms with E-state index in [1.165, 1.54) is 12.1 Å². The van der Waals surface area contributed by atoms with Crippen molar-refractivity contribution in [1.82, 2.24) is 20.2 Å². The van der Waals surface area contributed by atoms with E-state index in [9.17, 15) is 40.3 Å². The lowest BCUT2D eigenvalue weighted by atomic mass is 9.95. The summed E-state index contributed by atoms with van der Waals surface area (Å²) in [5.41, 5.74) is -0.608. The van der Waals surface area contributed by atoms with Crippen molar-refractivity contribution in [2.75, 3.05) is 29.9 Å². The Labute approximate surface area is 269 Å². The minimum absolute atomic E-state index is 0.0321. The Hall–Kier alpha value is -3.46. The number of nitrogens with one attached hydrogen (secondary N) is 3. The molecule has 46 heavy (non-hydrogen) atoms. The first-order valence-electron chi connectivity index (χ1n) is 14.1. The maximum absolute atomic E-state index is 14.0. The van der Waals surface area contributed by atoms with Gasteiger partial charge in [-0.3, -0.25) is 9.59 Å². The van der Waals surface area contributed by atoms with Crippen LogP contribution in [0.2, 0.25) is 10.0 Å². The molecule has 3 aromatic rings. The van der Waals surface area contributed by atoms with E-state index in [-0.39, 0.29) is 70.9 Å². The summed E-state index contributed by atoms with van der Waals surface area (Å²) in [6.45, 7) is 1.35. The second-order valence-corrected chi connectivity index (χ2v) is 12.2. The van der Waals surface area contributed by atoms with Crippen LogP contribution in [-0.4, -0.2) is 59.0 Å². The molecule has 2 aromatic carbocycles. The molecular formula is C29H31Cl2F7N6O2. The Bertz CT molecular complexity index is 1610. The van der Waals surface area contributed by atoms with E-state index in [0.29, 0.717) is 11.1 Å². The van der Waals surface area contributed by atoms with Crippen LogP contribution in [0.5, 0.6) is 0 Å². The predicted molar refractivity (Wildman–Crippen MR) is 161 cm³/mol. The number of anilines is 3. The van der Waals surface area contributed by atoms with E-state index in [1.807, 2.05) is 0 Å². The van der Waals surface area contributed by atoms with E-state index in [1.54, 1.807) is 28.6 Å². The molecule has 252 valence electrons. The molecule has 1 saturated heterocycles. The van der Waals surface area contributed by atoms with Gasteiger partial charge >= 0.3 is 12.4 Å². The van der Waals surface area contributed by atoms with Crippen LogP contribution in [0.3, 0.4) is 0 Å². The van der Waals surface area contributed by atoms with Crippen LogP contribution in [0.25, 0.3) is 11.0 Å². The van der Waals surface area contributed by atoms with Gasteiger partial charge < -0.3 is 25.4 Å². The van der Waals surface area contributed by atoms with Crippen LogP contribution in [0.1, 0.15) is 49.0 Å². The number of amides is 2. The lowest BCUT2D eigenvalue weighted by Gasteiger charge is -2.35. The fourth-order valence-corrected chi connectivity index (χ4v) is 5.52. The molecule has 2 amide bonds. The number of hydrogen-bond acceptors (Lipinski definition) is 5. The molecule has 0 saturated carbocycles. The lowest BCUT2D eigenvalue weighted by molar-refractivity contribution is -0.179. The highest BCUT2D eigenvalue weighted by molar-refractivity contribution is 6.39. The SMILES string of the molecule is Cn1c(Nc2c(Cl)ccc(CNC(=O)C(C)(C)F)c2Cl)nc2cc(C(=O)NCCC(F)(F)F)c(N3CCC(C(F)(F)F)CC3)cc21. The third-order valence-electron chi connectivity index (χ3n) is 7.62. The number of halogens is 9. The smallest absolute Gasteiger partial charge is 0.371 e. The average molecular weight is 699 g/mol. The van der Waals surface area contributed by atoms with Gasteiger partial charge in [0.15, 0.2) is 5.67 Å². The molecule has 1 aliphatic heterocycles. The summed E-state index contributed by atoms with van der Waals surface area (Å²) >= 11 is 13.0. The molecular weight excluding hydrogens is 668 g/mol. The standard InChI is InChI=1S/C29H31Cl2F7N6O2/c1-27(2,32)25(46)40-14-15-4-5-18(30)23(22(15)31)42-26-41-19-12-17(24(45)39-9-8-28(33,34)35)20(13-21(19)43(26)3)44-10-6-16(7-11-44)29(36,37)38/h4-5,12-13,16H,6-11,14H2,1-3H3,(H,39,45)(H,40,46)(H,41,42). The first-order valence-corrected chi connectivity index (χ1v) is 14.9. The highest BCUT2D eigenvalue weighted by atomic mass is 35.5. The van der Waals surface area contributed by atoms with E-state index in [4.69, 9.17) is 23.2 Å². The molecule has 1 fully saturated rings. The van der Waals surface area contributed by atoms with Gasteiger partial charge in [0.25, 0.3) is 11.8 Å². The van der Waals surface area contributed by atoms with Gasteiger partial charge in [0.1, 0.15) is 0 Å². The van der Waals surface area contributed by atoms with Gasteiger partial charge in [0.2, 0.25) is 5.95 Å². The number of benzene rings is 2. The normalized spacial score (nSPS) is 14.9. The molecule has 8 nitrogen and oxygen atoms in total. The molecule has 0 aliphatic carbocycles. The zero-order chi connectivity index (χ0) is 34.2. The highest BCUT2D eigenvalue weighted by Gasteiger charge is 2.41. The molecule has 0 spiro atoms. The fraction of sp³-hybridized carbons (Fsp3) is 0.483. The Morgan fingerprint density at radius 1 is 1.00 bits per heavy atom. The van der Waals surface area contributed by atoms with E-state index < -0.39 is 48.7 Å². The average Bonchev–Trinajstić information content (AvgIpc) is 3.26. The van der Waals surface area contributed by atoms with Crippen LogP contribution in [0.15, 0.2) is 24.3 Å². The zero-order valence-corrected chi connectivity index (χ0v) is 26.4. The van der Waals surface area contributed by atoms with Gasteiger partial charge in [-0.2, -0.15) is 26.3 Å². The van der Waals surface area contributed by atoms with Crippen molar-refractivity contribution >= 4 is 63.4 Å². The summed E-state index contributed by atoms with van der Waals surface area (Å²) < 4.78 is 93.7. The van der Waals surface area contributed by atoms with E-state index in [2.05, 4.69) is 20.9 Å². The van der Waals surface area contributed by atoms with Crippen LogP contribution < -0.4 is 20.9 Å². The van der Waals surface area contributed by atoms with Gasteiger partial charge in [-0.25, -0.2) is 9.37 Å². The van der Waals surface area contributed by atoms with Crippen molar-refractivity contribution in [3.05, 3.63) is 45.4 Å². The van der Waals surface area contributed by atoms with Gasteiger partial charge in [0, 0.05) is 33.2 Å². The highest BCUT2D eigenvalue weighted by Crippen LogP contribution is 2.39. The Kier molecular flexibility index (Phi) is 10.3. The summed E-state index contributed by atoms with van der Waals surface area (Å²) in [7, 11) is 1.62. The van der Waals surface area contributed by atoms with Crippen molar-refractivity contribution in [1.29, 1.82) is 0 Å². The fourth-order valence-electron chi connectivity index (χ4n) is 4.99. The number of fused-ring (bicyclic) bond motifs is 1. The van der Waals surface area contributed by atoms with Crippen molar-refractivity contribution in [3.63, 3.8) is 0 Å². The minimum Gasteiger partial charge on any atom is -0.371 e. The quantitative estimate of drug-likeness (QED) is 0.202. The number of aromatic nitrogens is 2. The third-order valence-corrected chi connectivity index (χ3v) is 8.37. The maximum Gasteiger partial charge on any atom is 0.391 e. The molecule has 0 unspecified atom stereocenters. The number of carbonyl (C=O) groups is 2. The van der Waals surface area contributed by atoms with Crippen LogP contribution >= 0.6 is 23.2 Å². The zero-order valence-electron chi connectivity index (χ0n) is 24.9. The summed E-state index contributed by atoms with van der Waals surface area (Å²) in [5, 5.41) is 7.99. The maximum atomic E-state index is 14.0. The minimum atomic E-state index is -4.50. The Balaban J connectivity index is 1.68. The predicted octanol–water partition coefficient (Wildman–Crippen LogP) is 7.45. The number of nitrogens with zero attached hydrogens (tertiary/aromatic N) is 3. The van der Waals surface area contributed by atoms with Crippen LogP contribution in [0, 0.1) is 5.92 Å². The van der Waals surface area contributed by atoms with E-state index >= 15 is 0 Å². The first kappa shape index (κ1) is 35.4. The molecule has 1 aromatic heterocycles. The molecule has 2 heterocycles. The second kappa shape index (κ2) is 13.3. The molecule has 0 bridgehead atoms. The molecule has 4 rings (SSSR count). The topological polar surface area (TPSA) is 91.3 Å². The molecule has 3 N–H and O–H groups in total. The summed E-state index contributed by atoms with van der Waals surface area (Å²) in [4.78, 5) is 31.2. The summed E-state index contributed by atoms with van der Waals surface area (Å²) in [6, 6.07) is 5.97. The monoisotopic (exact) mass is 698 g/mol. The Morgan fingerprint density at radius 3 is 2.24 bits per heavy atom. The second-order valence-electron chi connectivity index (χ2n) is 11.5. The Morgan fingerprint density at radius 2 is 1.65 bits per heavy atom. The van der Waals surface area contributed by atoms with Crippen LogP contribution in [-0.2, 0) is 18.4 Å². The number of piperidine rings is 1. The number of rotatable bonds is 9. The number of carbonyl (C=O) groups excluding carboxylic acids is 2. The van der Waals surface area contributed by atoms with Gasteiger partial charge in [-0.05, 0) is 50.5 Å². The number of hydrogen-bond donors (Lipinski definition) is 3. The largest absolute Gasteiger partial charge is 0.391 e. The van der Waals surface area contributed by atoms with E-state index in [0.717, 1.165) is 13.8 Å².